The highest BCUT2D eigenvalue weighted by atomic mass is 35.5. The molecule has 1 fully saturated rings. The fourth-order valence-electron chi connectivity index (χ4n) is 3.05. The number of hydrogen-bond acceptors (Lipinski definition) is 3. The molecule has 0 bridgehead atoms. The molecule has 1 aromatic rings. The number of benzene rings is 1. The number of halogens is 1. The van der Waals surface area contributed by atoms with E-state index < -0.39 is 0 Å². The second-order valence-electron chi connectivity index (χ2n) is 6.21. The predicted octanol–water partition coefficient (Wildman–Crippen LogP) is 3.67. The van der Waals surface area contributed by atoms with E-state index in [1.807, 2.05) is 30.3 Å². The van der Waals surface area contributed by atoms with Gasteiger partial charge in [0.1, 0.15) is 11.6 Å². The Labute approximate surface area is 149 Å². The number of nitrogens with zero attached hydrogens (tertiary/aromatic N) is 2. The Morgan fingerprint density at radius 1 is 1.42 bits per heavy atom. The zero-order valence-corrected chi connectivity index (χ0v) is 14.9. The van der Waals surface area contributed by atoms with Crippen molar-refractivity contribution in [3.8, 4) is 6.07 Å². The second kappa shape index (κ2) is 9.34. The smallest absolute Gasteiger partial charge is 0.265 e. The van der Waals surface area contributed by atoms with Crippen LogP contribution in [0.1, 0.15) is 37.7 Å². The molecule has 1 saturated carbocycles. The summed E-state index contributed by atoms with van der Waals surface area (Å²) in [4.78, 5) is 14.2. The van der Waals surface area contributed by atoms with Crippen LogP contribution in [-0.4, -0.2) is 30.4 Å². The Morgan fingerprint density at radius 3 is 2.83 bits per heavy atom. The molecule has 0 unspecified atom stereocenters. The average Bonchev–Trinajstić information content (AvgIpc) is 2.61. The van der Waals surface area contributed by atoms with Gasteiger partial charge in [-0.15, -0.1) is 0 Å². The maximum Gasteiger partial charge on any atom is 0.265 e. The molecule has 128 valence electrons. The topological polar surface area (TPSA) is 56.1 Å². The van der Waals surface area contributed by atoms with Crippen LogP contribution in [0.4, 0.5) is 0 Å². The molecule has 1 aromatic carbocycles. The number of carbonyl (C=O) groups excluding carboxylic acids is 1. The van der Waals surface area contributed by atoms with E-state index in [0.717, 1.165) is 37.7 Å². The standard InChI is InChI=1S/C19H24ClN3O/c1-23(18-8-3-2-4-9-18)19(24)16(13-21)14-22-11-10-15-6-5-7-17(20)12-15/h5-7,12,14,18,22H,2-4,8-11H2,1H3/b16-14-. The normalized spacial score (nSPS) is 15.6. The van der Waals surface area contributed by atoms with Gasteiger partial charge in [0.15, 0.2) is 0 Å². The molecular weight excluding hydrogens is 322 g/mol. The van der Waals surface area contributed by atoms with E-state index in [4.69, 9.17) is 11.6 Å². The predicted molar refractivity (Wildman–Crippen MR) is 96.5 cm³/mol. The van der Waals surface area contributed by atoms with E-state index in [-0.39, 0.29) is 17.5 Å². The van der Waals surface area contributed by atoms with Crippen LogP contribution in [0, 0.1) is 11.3 Å². The minimum atomic E-state index is -0.195. The minimum absolute atomic E-state index is 0.161. The Balaban J connectivity index is 1.86. The fourth-order valence-corrected chi connectivity index (χ4v) is 3.26. The van der Waals surface area contributed by atoms with Gasteiger partial charge >= 0.3 is 0 Å². The summed E-state index contributed by atoms with van der Waals surface area (Å²) in [5, 5.41) is 13.1. The van der Waals surface area contributed by atoms with Crippen molar-refractivity contribution in [2.24, 2.45) is 0 Å². The van der Waals surface area contributed by atoms with E-state index in [9.17, 15) is 10.1 Å². The summed E-state index contributed by atoms with van der Waals surface area (Å²) in [6.45, 7) is 0.645. The van der Waals surface area contributed by atoms with Crippen LogP contribution < -0.4 is 5.32 Å². The van der Waals surface area contributed by atoms with Gasteiger partial charge < -0.3 is 10.2 Å². The lowest BCUT2D eigenvalue weighted by Gasteiger charge is -2.31. The lowest BCUT2D eigenvalue weighted by molar-refractivity contribution is -0.128. The summed E-state index contributed by atoms with van der Waals surface area (Å²) in [5.74, 6) is -0.195. The molecule has 0 spiro atoms. The van der Waals surface area contributed by atoms with E-state index in [1.165, 1.54) is 12.6 Å². The maximum absolute atomic E-state index is 12.5. The highest BCUT2D eigenvalue weighted by Gasteiger charge is 2.24. The number of carbonyl (C=O) groups is 1. The van der Waals surface area contributed by atoms with Crippen molar-refractivity contribution < 1.29 is 4.79 Å². The molecule has 1 N–H and O–H groups in total. The summed E-state index contributed by atoms with van der Waals surface area (Å²) in [7, 11) is 1.80. The van der Waals surface area contributed by atoms with Gasteiger partial charge in [0.25, 0.3) is 5.91 Å². The van der Waals surface area contributed by atoms with Crippen molar-refractivity contribution in [3.63, 3.8) is 0 Å². The highest BCUT2D eigenvalue weighted by molar-refractivity contribution is 6.30. The Bertz CT molecular complexity index is 630. The summed E-state index contributed by atoms with van der Waals surface area (Å²) in [6.07, 6.45) is 7.93. The SMILES string of the molecule is CN(C(=O)/C(C#N)=C\NCCc1cccc(Cl)c1)C1CCCCC1. The first-order valence-corrected chi connectivity index (χ1v) is 8.85. The van der Waals surface area contributed by atoms with E-state index >= 15 is 0 Å². The van der Waals surface area contributed by atoms with Crippen molar-refractivity contribution >= 4 is 17.5 Å². The molecule has 0 atom stereocenters. The minimum Gasteiger partial charge on any atom is -0.389 e. The second-order valence-corrected chi connectivity index (χ2v) is 6.65. The number of amides is 1. The van der Waals surface area contributed by atoms with Crippen molar-refractivity contribution in [2.75, 3.05) is 13.6 Å². The first-order chi connectivity index (χ1) is 11.6. The van der Waals surface area contributed by atoms with Gasteiger partial charge in [-0.05, 0) is 37.0 Å². The summed E-state index contributed by atoms with van der Waals surface area (Å²) < 4.78 is 0. The largest absolute Gasteiger partial charge is 0.389 e. The van der Waals surface area contributed by atoms with Crippen LogP contribution in [0.15, 0.2) is 36.0 Å². The van der Waals surface area contributed by atoms with Crippen LogP contribution >= 0.6 is 11.6 Å². The number of nitriles is 1. The molecular formula is C19H24ClN3O. The third-order valence-corrected chi connectivity index (χ3v) is 4.72. The van der Waals surface area contributed by atoms with Crippen molar-refractivity contribution in [3.05, 3.63) is 46.6 Å². The fraction of sp³-hybridized carbons (Fsp3) is 0.474. The molecule has 2 rings (SSSR count). The van der Waals surface area contributed by atoms with Gasteiger partial charge in [0.2, 0.25) is 0 Å². The first kappa shape index (κ1) is 18.4. The molecule has 1 amide bonds. The maximum atomic E-state index is 12.5. The number of hydrogen-bond donors (Lipinski definition) is 1. The van der Waals surface area contributed by atoms with E-state index in [2.05, 4.69) is 5.32 Å². The summed E-state index contributed by atoms with van der Waals surface area (Å²) in [5.41, 5.74) is 1.28. The van der Waals surface area contributed by atoms with Gasteiger partial charge in [-0.1, -0.05) is 43.0 Å². The van der Waals surface area contributed by atoms with Crippen LogP contribution in [0.5, 0.6) is 0 Å². The van der Waals surface area contributed by atoms with Gasteiger partial charge in [-0.25, -0.2) is 0 Å². The van der Waals surface area contributed by atoms with Crippen LogP contribution in [0.3, 0.4) is 0 Å². The summed E-state index contributed by atoms with van der Waals surface area (Å²) >= 11 is 5.96. The third-order valence-electron chi connectivity index (χ3n) is 4.49. The number of rotatable bonds is 6. The van der Waals surface area contributed by atoms with E-state index in [0.29, 0.717) is 11.6 Å². The lowest BCUT2D eigenvalue weighted by atomic mass is 9.94. The Morgan fingerprint density at radius 2 is 2.17 bits per heavy atom. The van der Waals surface area contributed by atoms with Gasteiger partial charge in [-0.2, -0.15) is 5.26 Å². The lowest BCUT2D eigenvalue weighted by Crippen LogP contribution is -2.39. The zero-order valence-electron chi connectivity index (χ0n) is 14.1. The molecule has 4 nitrogen and oxygen atoms in total. The van der Waals surface area contributed by atoms with Crippen molar-refractivity contribution in [2.45, 2.75) is 44.6 Å². The first-order valence-electron chi connectivity index (χ1n) is 8.47. The molecule has 0 aliphatic heterocycles. The molecule has 0 aromatic heterocycles. The summed E-state index contributed by atoms with van der Waals surface area (Å²) in [6, 6.07) is 9.95. The molecule has 1 aliphatic carbocycles. The number of nitrogens with one attached hydrogen (secondary N) is 1. The van der Waals surface area contributed by atoms with E-state index in [1.54, 1.807) is 11.9 Å². The average molecular weight is 346 g/mol. The van der Waals surface area contributed by atoms with Crippen molar-refractivity contribution in [1.82, 2.24) is 10.2 Å². The molecule has 0 saturated heterocycles. The van der Waals surface area contributed by atoms with Crippen molar-refractivity contribution in [1.29, 1.82) is 5.26 Å². The molecule has 0 radical (unpaired) electrons. The molecule has 24 heavy (non-hydrogen) atoms. The van der Waals surface area contributed by atoms with Gasteiger partial charge in [-0.3, -0.25) is 4.79 Å². The van der Waals surface area contributed by atoms with Crippen LogP contribution in [0.2, 0.25) is 5.02 Å². The van der Waals surface area contributed by atoms with Gasteiger partial charge in [0, 0.05) is 30.9 Å². The monoisotopic (exact) mass is 345 g/mol. The Hall–Kier alpha value is -1.99. The zero-order chi connectivity index (χ0) is 17.4. The molecule has 1 aliphatic rings. The quantitative estimate of drug-likeness (QED) is 0.486. The molecule has 0 heterocycles. The third kappa shape index (κ3) is 5.28. The highest BCUT2D eigenvalue weighted by Crippen LogP contribution is 2.22. The Kier molecular flexibility index (Phi) is 7.14. The van der Waals surface area contributed by atoms with Gasteiger partial charge in [0.05, 0.1) is 0 Å². The number of likely N-dealkylation sites (N-methyl/N-ethyl adjacent to an activating group) is 1. The van der Waals surface area contributed by atoms with Crippen LogP contribution in [-0.2, 0) is 11.2 Å². The molecule has 5 heteroatoms. The van der Waals surface area contributed by atoms with Crippen LogP contribution in [0.25, 0.3) is 0 Å².